The minimum atomic E-state index is -0.473. The number of nitro benzene ring substituents is 1. The van der Waals surface area contributed by atoms with Gasteiger partial charge in [-0.05, 0) is 50.9 Å². The Kier molecular flexibility index (Phi) is 3.40. The van der Waals surface area contributed by atoms with Gasteiger partial charge in [-0.3, -0.25) is 24.6 Å². The number of fused-ring (bicyclic) bond motifs is 2. The Morgan fingerprint density at radius 3 is 2.22 bits per heavy atom. The highest BCUT2D eigenvalue weighted by atomic mass is 16.6. The molecule has 3 atom stereocenters. The summed E-state index contributed by atoms with van der Waals surface area (Å²) < 4.78 is 0. The fourth-order valence-corrected chi connectivity index (χ4v) is 5.18. The largest absolute Gasteiger partial charge is 0.300 e. The summed E-state index contributed by atoms with van der Waals surface area (Å²) in [5.41, 5.74) is 0.691. The fraction of sp³-hybridized carbons (Fsp3) is 0.400. The van der Waals surface area contributed by atoms with Gasteiger partial charge in [0.05, 0.1) is 10.3 Å². The van der Waals surface area contributed by atoms with E-state index in [1.54, 1.807) is 18.2 Å². The number of amides is 2. The average Bonchev–Trinajstić information content (AvgIpc) is 2.86. The van der Waals surface area contributed by atoms with Crippen LogP contribution in [0.3, 0.4) is 0 Å². The van der Waals surface area contributed by atoms with Gasteiger partial charge < -0.3 is 4.90 Å². The van der Waals surface area contributed by atoms with Gasteiger partial charge in [-0.2, -0.15) is 0 Å². The first kappa shape index (κ1) is 16.4. The lowest BCUT2D eigenvalue weighted by Gasteiger charge is -2.42. The Bertz CT molecular complexity index is 981. The number of rotatable bonds is 2. The molecule has 2 aromatic carbocycles. The standard InChI is InChI=1S/C20H19N3O4/c1-21-11-5-6-12(21)10-13(9-11)22-19(24)15-4-2-3-14-17(23(26)27)8-7-16(18(14)15)20(22)25/h2-4,7-8,11-13H,5-6,9-10H2,1H3/t11-,12+,13-. The van der Waals surface area contributed by atoms with E-state index in [4.69, 9.17) is 0 Å². The van der Waals surface area contributed by atoms with Crippen molar-refractivity contribution in [3.05, 3.63) is 51.6 Å². The van der Waals surface area contributed by atoms with Gasteiger partial charge in [0.2, 0.25) is 0 Å². The quantitative estimate of drug-likeness (QED) is 0.464. The molecule has 0 spiro atoms. The van der Waals surface area contributed by atoms with Crippen LogP contribution >= 0.6 is 0 Å². The van der Waals surface area contributed by atoms with Crippen molar-refractivity contribution in [3.8, 4) is 0 Å². The summed E-state index contributed by atoms with van der Waals surface area (Å²) in [5, 5.41) is 12.1. The summed E-state index contributed by atoms with van der Waals surface area (Å²) in [5.74, 6) is -0.653. The number of carbonyl (C=O) groups excluding carboxylic acids is 2. The van der Waals surface area contributed by atoms with Crippen LogP contribution in [0, 0.1) is 10.1 Å². The van der Waals surface area contributed by atoms with E-state index < -0.39 is 4.92 Å². The zero-order chi connectivity index (χ0) is 18.9. The second kappa shape index (κ2) is 5.60. The molecule has 2 saturated heterocycles. The number of hydrogen-bond acceptors (Lipinski definition) is 5. The van der Waals surface area contributed by atoms with E-state index >= 15 is 0 Å². The van der Waals surface area contributed by atoms with Crippen LogP contribution in [0.5, 0.6) is 0 Å². The van der Waals surface area contributed by atoms with Gasteiger partial charge in [0.15, 0.2) is 0 Å². The van der Waals surface area contributed by atoms with Gasteiger partial charge in [-0.1, -0.05) is 6.07 Å². The predicted molar refractivity (Wildman–Crippen MR) is 98.7 cm³/mol. The van der Waals surface area contributed by atoms with Crippen molar-refractivity contribution in [2.75, 3.05) is 7.05 Å². The third kappa shape index (κ3) is 2.18. The van der Waals surface area contributed by atoms with Crippen LogP contribution in [-0.2, 0) is 0 Å². The number of carbonyl (C=O) groups is 2. The summed E-state index contributed by atoms with van der Waals surface area (Å²) in [4.78, 5) is 41.1. The highest BCUT2D eigenvalue weighted by Gasteiger charge is 2.45. The Hall–Kier alpha value is -2.80. The van der Waals surface area contributed by atoms with Crippen molar-refractivity contribution < 1.29 is 14.5 Å². The normalized spacial score (nSPS) is 27.4. The second-order valence-corrected chi connectivity index (χ2v) is 7.77. The Morgan fingerprint density at radius 2 is 1.59 bits per heavy atom. The SMILES string of the molecule is CN1[C@@H]2CC[C@H]1C[C@H](N1C(=O)c3cccc4c([N+](=O)[O-])ccc(c34)C1=O)C2. The minimum absolute atomic E-state index is 0.0815. The van der Waals surface area contributed by atoms with Crippen LogP contribution in [0.4, 0.5) is 5.69 Å². The molecule has 0 saturated carbocycles. The molecule has 0 aliphatic carbocycles. The molecule has 0 radical (unpaired) electrons. The van der Waals surface area contributed by atoms with Crippen LogP contribution in [0.25, 0.3) is 10.8 Å². The van der Waals surface area contributed by atoms with Gasteiger partial charge in [0.25, 0.3) is 17.5 Å². The number of nitrogens with zero attached hydrogens (tertiary/aromatic N) is 3. The highest BCUT2D eigenvalue weighted by Crippen LogP contribution is 2.40. The summed E-state index contributed by atoms with van der Waals surface area (Å²) in [6.45, 7) is 0. The molecule has 7 nitrogen and oxygen atoms in total. The zero-order valence-electron chi connectivity index (χ0n) is 14.9. The van der Waals surface area contributed by atoms with Crippen molar-refractivity contribution in [1.29, 1.82) is 0 Å². The summed E-state index contributed by atoms with van der Waals surface area (Å²) >= 11 is 0. The van der Waals surface area contributed by atoms with Gasteiger partial charge in [-0.25, -0.2) is 0 Å². The van der Waals surface area contributed by atoms with E-state index in [0.29, 0.717) is 34.0 Å². The molecule has 3 aliphatic heterocycles. The molecule has 3 aliphatic rings. The average molecular weight is 365 g/mol. The summed E-state index contributed by atoms with van der Waals surface area (Å²) in [7, 11) is 2.12. The number of hydrogen-bond donors (Lipinski definition) is 0. The molecule has 2 amide bonds. The smallest absolute Gasteiger partial charge is 0.277 e. The van der Waals surface area contributed by atoms with E-state index in [2.05, 4.69) is 11.9 Å². The van der Waals surface area contributed by atoms with Crippen molar-refractivity contribution in [2.24, 2.45) is 0 Å². The molecule has 27 heavy (non-hydrogen) atoms. The highest BCUT2D eigenvalue weighted by molar-refractivity contribution is 6.26. The summed E-state index contributed by atoms with van der Waals surface area (Å²) in [6, 6.07) is 8.48. The maximum absolute atomic E-state index is 13.2. The maximum Gasteiger partial charge on any atom is 0.277 e. The Morgan fingerprint density at radius 1 is 0.963 bits per heavy atom. The van der Waals surface area contributed by atoms with Crippen molar-refractivity contribution in [1.82, 2.24) is 9.80 Å². The molecule has 2 fully saturated rings. The molecular formula is C20H19N3O4. The van der Waals surface area contributed by atoms with E-state index in [9.17, 15) is 19.7 Å². The van der Waals surface area contributed by atoms with Crippen molar-refractivity contribution in [3.63, 3.8) is 0 Å². The first-order valence-corrected chi connectivity index (χ1v) is 9.27. The molecule has 2 aromatic rings. The lowest BCUT2D eigenvalue weighted by molar-refractivity contribution is -0.383. The first-order chi connectivity index (χ1) is 13.0. The Balaban J connectivity index is 1.62. The fourth-order valence-electron chi connectivity index (χ4n) is 5.18. The lowest BCUT2D eigenvalue weighted by atomic mass is 9.89. The number of non-ortho nitro benzene ring substituents is 1. The van der Waals surface area contributed by atoms with E-state index in [0.717, 1.165) is 25.7 Å². The monoisotopic (exact) mass is 365 g/mol. The molecule has 0 unspecified atom stereocenters. The van der Waals surface area contributed by atoms with Gasteiger partial charge in [-0.15, -0.1) is 0 Å². The topological polar surface area (TPSA) is 83.8 Å². The Labute approximate surface area is 155 Å². The zero-order valence-corrected chi connectivity index (χ0v) is 14.9. The molecule has 0 N–H and O–H groups in total. The van der Waals surface area contributed by atoms with Gasteiger partial charge in [0.1, 0.15) is 0 Å². The third-order valence-corrected chi connectivity index (χ3v) is 6.55. The maximum atomic E-state index is 13.2. The number of imide groups is 1. The molecule has 138 valence electrons. The van der Waals surface area contributed by atoms with Crippen LogP contribution in [0.15, 0.2) is 30.3 Å². The number of benzene rings is 2. The molecule has 7 heteroatoms. The van der Waals surface area contributed by atoms with E-state index in [1.165, 1.54) is 17.0 Å². The minimum Gasteiger partial charge on any atom is -0.300 e. The lowest BCUT2D eigenvalue weighted by Crippen LogP contribution is -2.54. The summed E-state index contributed by atoms with van der Waals surface area (Å²) in [6.07, 6.45) is 3.80. The molecule has 3 heterocycles. The predicted octanol–water partition coefficient (Wildman–Crippen LogP) is 2.97. The van der Waals surface area contributed by atoms with Crippen LogP contribution in [-0.4, -0.2) is 51.7 Å². The third-order valence-electron chi connectivity index (χ3n) is 6.55. The number of nitro groups is 1. The van der Waals surface area contributed by atoms with Crippen LogP contribution in [0.2, 0.25) is 0 Å². The number of piperidine rings is 1. The molecule has 2 bridgehead atoms. The molecule has 5 rings (SSSR count). The van der Waals surface area contributed by atoms with Gasteiger partial charge >= 0.3 is 0 Å². The van der Waals surface area contributed by atoms with Crippen LogP contribution < -0.4 is 0 Å². The van der Waals surface area contributed by atoms with Crippen molar-refractivity contribution >= 4 is 28.3 Å². The molecular weight excluding hydrogens is 346 g/mol. The van der Waals surface area contributed by atoms with E-state index in [-0.39, 0.29) is 23.5 Å². The second-order valence-electron chi connectivity index (χ2n) is 7.77. The first-order valence-electron chi connectivity index (χ1n) is 9.27. The van der Waals surface area contributed by atoms with Crippen LogP contribution in [0.1, 0.15) is 46.4 Å². The van der Waals surface area contributed by atoms with E-state index in [1.807, 2.05) is 0 Å². The van der Waals surface area contributed by atoms with Crippen molar-refractivity contribution in [2.45, 2.75) is 43.8 Å². The molecule has 0 aromatic heterocycles. The van der Waals surface area contributed by atoms with Gasteiger partial charge in [0, 0.05) is 40.7 Å².